The van der Waals surface area contributed by atoms with Gasteiger partial charge in [-0.2, -0.15) is 11.8 Å². The van der Waals surface area contributed by atoms with Crippen LogP contribution in [-0.2, 0) is 12.8 Å². The average molecular weight is 304 g/mol. The highest BCUT2D eigenvalue weighted by atomic mass is 32.2. The van der Waals surface area contributed by atoms with Crippen LogP contribution in [-0.4, -0.2) is 17.5 Å². The largest absolute Gasteiger partial charge is 0.307 e. The molecule has 1 nitrogen and oxygen atoms in total. The monoisotopic (exact) mass is 303 g/mol. The van der Waals surface area contributed by atoms with Crippen molar-refractivity contribution in [2.75, 3.05) is 11.5 Å². The predicted molar refractivity (Wildman–Crippen MR) is 94.1 cm³/mol. The molecule has 0 aromatic heterocycles. The molecule has 1 aliphatic carbocycles. The lowest BCUT2D eigenvalue weighted by atomic mass is 9.87. The topological polar surface area (TPSA) is 12.0 Å². The van der Waals surface area contributed by atoms with Crippen molar-refractivity contribution in [3.8, 4) is 0 Å². The van der Waals surface area contributed by atoms with Crippen LogP contribution in [0.4, 0.5) is 0 Å². The van der Waals surface area contributed by atoms with E-state index in [1.54, 1.807) is 11.1 Å². The minimum Gasteiger partial charge on any atom is -0.307 e. The third-order valence-corrected chi connectivity index (χ3v) is 6.59. The quantitative estimate of drug-likeness (QED) is 0.865. The molecule has 0 radical (unpaired) electrons. The summed E-state index contributed by atoms with van der Waals surface area (Å²) >= 11 is 2.11. The van der Waals surface area contributed by atoms with E-state index in [1.807, 2.05) is 0 Å². The average Bonchev–Trinajstić information content (AvgIpc) is 2.45. The molecule has 2 aliphatic rings. The number of fused-ring (bicyclic) bond motifs is 1. The zero-order valence-corrected chi connectivity index (χ0v) is 14.6. The van der Waals surface area contributed by atoms with E-state index < -0.39 is 0 Å². The molecular weight excluding hydrogens is 274 g/mol. The number of benzene rings is 1. The summed E-state index contributed by atoms with van der Waals surface area (Å²) in [5.41, 5.74) is 5.15. The first kappa shape index (κ1) is 15.4. The zero-order valence-electron chi connectivity index (χ0n) is 13.7. The molecule has 0 spiro atoms. The van der Waals surface area contributed by atoms with Crippen LogP contribution in [0.3, 0.4) is 0 Å². The van der Waals surface area contributed by atoms with Crippen LogP contribution < -0.4 is 5.32 Å². The second kappa shape index (κ2) is 6.34. The van der Waals surface area contributed by atoms with Crippen molar-refractivity contribution in [3.63, 3.8) is 0 Å². The van der Waals surface area contributed by atoms with E-state index in [-0.39, 0.29) is 0 Å². The Morgan fingerprint density at radius 2 is 1.95 bits per heavy atom. The van der Waals surface area contributed by atoms with Crippen molar-refractivity contribution in [1.82, 2.24) is 5.32 Å². The standard InChI is InChI=1S/C19H29NS/c1-14(20-18-11-19(2,3)13-21-12-18)16-9-8-15-6-4-5-7-17(15)10-16/h8-10,14,18,20H,4-7,11-13H2,1-3H3. The Hall–Kier alpha value is -0.470. The predicted octanol–water partition coefficient (Wildman–Crippen LogP) is 4.75. The fourth-order valence-corrected chi connectivity index (χ4v) is 5.13. The molecule has 1 saturated heterocycles. The van der Waals surface area contributed by atoms with Gasteiger partial charge in [0, 0.05) is 17.8 Å². The van der Waals surface area contributed by atoms with Gasteiger partial charge in [-0.1, -0.05) is 32.0 Å². The summed E-state index contributed by atoms with van der Waals surface area (Å²) < 4.78 is 0. The van der Waals surface area contributed by atoms with Gasteiger partial charge in [0.15, 0.2) is 0 Å². The highest BCUT2D eigenvalue weighted by Gasteiger charge is 2.29. The van der Waals surface area contributed by atoms with Gasteiger partial charge in [-0.3, -0.25) is 0 Å². The fraction of sp³-hybridized carbons (Fsp3) is 0.684. The summed E-state index contributed by atoms with van der Waals surface area (Å²) in [7, 11) is 0. The van der Waals surface area contributed by atoms with Crippen LogP contribution in [0.5, 0.6) is 0 Å². The van der Waals surface area contributed by atoms with Crippen LogP contribution in [0.15, 0.2) is 18.2 Å². The Labute approximate surface area is 134 Å². The molecular formula is C19H29NS. The summed E-state index contributed by atoms with van der Waals surface area (Å²) in [6, 6.07) is 8.32. The second-order valence-electron chi connectivity index (χ2n) is 7.70. The first-order valence-electron chi connectivity index (χ1n) is 8.49. The lowest BCUT2D eigenvalue weighted by Crippen LogP contribution is -2.41. The van der Waals surface area contributed by atoms with E-state index in [2.05, 4.69) is 56.0 Å². The normalized spacial score (nSPS) is 26.1. The van der Waals surface area contributed by atoms with Crippen molar-refractivity contribution < 1.29 is 0 Å². The van der Waals surface area contributed by atoms with Gasteiger partial charge in [0.05, 0.1) is 0 Å². The number of thioether (sulfide) groups is 1. The molecule has 2 atom stereocenters. The molecule has 1 fully saturated rings. The van der Waals surface area contributed by atoms with Gasteiger partial charge in [0.1, 0.15) is 0 Å². The second-order valence-corrected chi connectivity index (χ2v) is 8.73. The van der Waals surface area contributed by atoms with Gasteiger partial charge in [-0.15, -0.1) is 0 Å². The lowest BCUT2D eigenvalue weighted by Gasteiger charge is -2.36. The van der Waals surface area contributed by atoms with Crippen LogP contribution in [0.1, 0.15) is 62.8 Å². The van der Waals surface area contributed by atoms with Crippen molar-refractivity contribution >= 4 is 11.8 Å². The molecule has 0 amide bonds. The van der Waals surface area contributed by atoms with E-state index in [4.69, 9.17) is 0 Å². The summed E-state index contributed by atoms with van der Waals surface area (Å²) in [5.74, 6) is 2.57. The van der Waals surface area contributed by atoms with Crippen molar-refractivity contribution in [2.45, 2.75) is 65.0 Å². The third kappa shape index (κ3) is 3.84. The SMILES string of the molecule is CC(NC1CSCC(C)(C)C1)c1ccc2c(c1)CCCC2. The Balaban J connectivity index is 1.66. The van der Waals surface area contributed by atoms with Gasteiger partial charge in [0.25, 0.3) is 0 Å². The Morgan fingerprint density at radius 1 is 1.19 bits per heavy atom. The maximum absolute atomic E-state index is 3.88. The van der Waals surface area contributed by atoms with E-state index in [0.29, 0.717) is 17.5 Å². The van der Waals surface area contributed by atoms with Crippen LogP contribution >= 0.6 is 11.8 Å². The molecule has 1 heterocycles. The number of hydrogen-bond acceptors (Lipinski definition) is 2. The van der Waals surface area contributed by atoms with Crippen molar-refractivity contribution in [2.24, 2.45) is 5.41 Å². The van der Waals surface area contributed by atoms with Crippen LogP contribution in [0, 0.1) is 5.41 Å². The molecule has 116 valence electrons. The molecule has 1 N–H and O–H groups in total. The molecule has 2 unspecified atom stereocenters. The van der Waals surface area contributed by atoms with Crippen molar-refractivity contribution in [1.29, 1.82) is 0 Å². The number of nitrogens with one attached hydrogen (secondary N) is 1. The lowest BCUT2D eigenvalue weighted by molar-refractivity contribution is 0.305. The minimum absolute atomic E-state index is 0.469. The van der Waals surface area contributed by atoms with Gasteiger partial charge >= 0.3 is 0 Å². The van der Waals surface area contributed by atoms with Gasteiger partial charge in [-0.25, -0.2) is 0 Å². The zero-order chi connectivity index (χ0) is 14.9. The molecule has 2 heteroatoms. The summed E-state index contributed by atoms with van der Waals surface area (Å²) in [5, 5.41) is 3.88. The number of rotatable bonds is 3. The Bertz CT molecular complexity index is 494. The van der Waals surface area contributed by atoms with Gasteiger partial charge < -0.3 is 5.32 Å². The molecule has 21 heavy (non-hydrogen) atoms. The highest BCUT2D eigenvalue weighted by Crippen LogP contribution is 2.34. The fourth-order valence-electron chi connectivity index (χ4n) is 3.84. The van der Waals surface area contributed by atoms with Gasteiger partial charge in [-0.05, 0) is 66.9 Å². The van der Waals surface area contributed by atoms with Gasteiger partial charge in [0.2, 0.25) is 0 Å². The molecule has 0 bridgehead atoms. The molecule has 0 saturated carbocycles. The minimum atomic E-state index is 0.469. The highest BCUT2D eigenvalue weighted by molar-refractivity contribution is 7.99. The van der Waals surface area contributed by atoms with E-state index in [1.165, 1.54) is 49.2 Å². The van der Waals surface area contributed by atoms with Crippen molar-refractivity contribution in [3.05, 3.63) is 34.9 Å². The Morgan fingerprint density at radius 3 is 2.71 bits per heavy atom. The van der Waals surface area contributed by atoms with E-state index in [9.17, 15) is 0 Å². The summed E-state index contributed by atoms with van der Waals surface area (Å²) in [6.07, 6.45) is 6.60. The molecule has 1 aromatic carbocycles. The van der Waals surface area contributed by atoms with Crippen LogP contribution in [0.25, 0.3) is 0 Å². The maximum atomic E-state index is 3.88. The van der Waals surface area contributed by atoms with Crippen LogP contribution in [0.2, 0.25) is 0 Å². The molecule has 3 rings (SSSR count). The molecule has 1 aliphatic heterocycles. The van der Waals surface area contributed by atoms with E-state index in [0.717, 1.165) is 0 Å². The first-order chi connectivity index (χ1) is 10.0. The Kier molecular flexibility index (Phi) is 4.66. The third-order valence-electron chi connectivity index (χ3n) is 4.97. The van der Waals surface area contributed by atoms with E-state index >= 15 is 0 Å². The summed E-state index contributed by atoms with van der Waals surface area (Å²) in [6.45, 7) is 7.13. The summed E-state index contributed by atoms with van der Waals surface area (Å²) in [4.78, 5) is 0. The smallest absolute Gasteiger partial charge is 0.0294 e. The first-order valence-corrected chi connectivity index (χ1v) is 9.64. The molecule has 1 aromatic rings. The number of hydrogen-bond donors (Lipinski definition) is 1. The number of aryl methyl sites for hydroxylation is 2. The maximum Gasteiger partial charge on any atom is 0.0294 e.